The summed E-state index contributed by atoms with van der Waals surface area (Å²) < 4.78 is 5.89. The summed E-state index contributed by atoms with van der Waals surface area (Å²) in [6.45, 7) is 2.53. The molecule has 2 atom stereocenters. The number of hydrogen-bond donors (Lipinski definition) is 2. The Balaban J connectivity index is 0.00000176. The van der Waals surface area contributed by atoms with Gasteiger partial charge in [0, 0.05) is 25.6 Å². The van der Waals surface area contributed by atoms with E-state index in [0.29, 0.717) is 11.9 Å². The average Bonchev–Trinajstić information content (AvgIpc) is 2.93. The van der Waals surface area contributed by atoms with Gasteiger partial charge >= 0.3 is 0 Å². The highest BCUT2D eigenvalue weighted by molar-refractivity contribution is 14.0. The van der Waals surface area contributed by atoms with Crippen molar-refractivity contribution < 1.29 is 4.74 Å². The number of benzene rings is 1. The first-order valence-electron chi connectivity index (χ1n) is 8.03. The molecule has 1 aliphatic heterocycles. The van der Waals surface area contributed by atoms with Crippen molar-refractivity contribution in [3.8, 4) is 0 Å². The third-order valence-electron chi connectivity index (χ3n) is 4.63. The number of guanidine groups is 1. The molecule has 3 N–H and O–H groups in total. The first-order valence-corrected chi connectivity index (χ1v) is 8.03. The average molecular weight is 415 g/mol. The van der Waals surface area contributed by atoms with E-state index >= 15 is 0 Å². The summed E-state index contributed by atoms with van der Waals surface area (Å²) >= 11 is 0. The normalized spacial score (nSPS) is 25.4. The fraction of sp³-hybridized carbons (Fsp3) is 0.588. The third-order valence-corrected chi connectivity index (χ3v) is 4.63. The minimum atomic E-state index is 0. The molecule has 1 aromatic carbocycles. The van der Waals surface area contributed by atoms with E-state index in [2.05, 4.69) is 34.6 Å². The highest BCUT2D eigenvalue weighted by atomic mass is 127. The Morgan fingerprint density at radius 2 is 2.00 bits per heavy atom. The van der Waals surface area contributed by atoms with E-state index in [1.54, 1.807) is 0 Å². The van der Waals surface area contributed by atoms with Crippen molar-refractivity contribution in [2.24, 2.45) is 22.6 Å². The van der Waals surface area contributed by atoms with Crippen LogP contribution in [0, 0.1) is 11.8 Å². The molecule has 0 spiro atoms. The van der Waals surface area contributed by atoms with Gasteiger partial charge in [0.15, 0.2) is 5.96 Å². The van der Waals surface area contributed by atoms with Gasteiger partial charge in [-0.3, -0.25) is 4.99 Å². The highest BCUT2D eigenvalue weighted by Gasteiger charge is 2.29. The molecular formula is C17H26IN3O. The molecule has 22 heavy (non-hydrogen) atoms. The first-order chi connectivity index (χ1) is 10.3. The van der Waals surface area contributed by atoms with E-state index in [1.807, 2.05) is 6.07 Å². The van der Waals surface area contributed by atoms with Gasteiger partial charge in [-0.05, 0) is 30.7 Å². The van der Waals surface area contributed by atoms with Crippen LogP contribution in [0.5, 0.6) is 0 Å². The summed E-state index contributed by atoms with van der Waals surface area (Å²) in [6.07, 6.45) is 5.22. The van der Waals surface area contributed by atoms with Crippen molar-refractivity contribution in [1.82, 2.24) is 5.32 Å². The van der Waals surface area contributed by atoms with Crippen LogP contribution in [-0.2, 0) is 4.74 Å². The number of nitrogens with one attached hydrogen (secondary N) is 1. The Hall–Kier alpha value is -0.820. The standard InChI is InChI=1S/C17H25N3O.HI/c18-17(19-11-13-5-4-6-13)20-12-15-9-10-21-16(15)14-7-2-1-3-8-14;/h1-3,7-8,13,15-16H,4-6,9-12H2,(H3,18,19,20);1H/t15-,16-;/m0./s1. The summed E-state index contributed by atoms with van der Waals surface area (Å²) in [5, 5.41) is 3.28. The van der Waals surface area contributed by atoms with Crippen molar-refractivity contribution in [3.63, 3.8) is 0 Å². The summed E-state index contributed by atoms with van der Waals surface area (Å²) in [6, 6.07) is 10.4. The van der Waals surface area contributed by atoms with Crippen LogP contribution in [0.25, 0.3) is 0 Å². The van der Waals surface area contributed by atoms with Gasteiger partial charge in [-0.15, -0.1) is 24.0 Å². The topological polar surface area (TPSA) is 59.6 Å². The fourth-order valence-corrected chi connectivity index (χ4v) is 3.05. The van der Waals surface area contributed by atoms with E-state index in [4.69, 9.17) is 10.5 Å². The number of halogens is 1. The van der Waals surface area contributed by atoms with Crippen LogP contribution >= 0.6 is 24.0 Å². The number of aliphatic imine (C=N–C) groups is 1. The zero-order chi connectivity index (χ0) is 14.5. The van der Waals surface area contributed by atoms with E-state index in [9.17, 15) is 0 Å². The Morgan fingerprint density at radius 3 is 2.68 bits per heavy atom. The van der Waals surface area contributed by atoms with E-state index in [-0.39, 0.29) is 30.1 Å². The van der Waals surface area contributed by atoms with Gasteiger partial charge < -0.3 is 15.8 Å². The van der Waals surface area contributed by atoms with Gasteiger partial charge in [-0.25, -0.2) is 0 Å². The predicted octanol–water partition coefficient (Wildman–Crippen LogP) is 3.09. The lowest BCUT2D eigenvalue weighted by Crippen LogP contribution is -2.36. The molecule has 1 saturated heterocycles. The summed E-state index contributed by atoms with van der Waals surface area (Å²) in [4.78, 5) is 4.45. The third kappa shape index (κ3) is 4.59. The zero-order valence-electron chi connectivity index (χ0n) is 12.9. The lowest BCUT2D eigenvalue weighted by Gasteiger charge is -2.23. The second kappa shape index (κ2) is 8.72. The monoisotopic (exact) mass is 415 g/mol. The molecule has 0 unspecified atom stereocenters. The molecule has 3 rings (SSSR count). The van der Waals surface area contributed by atoms with Crippen LogP contribution in [0.4, 0.5) is 0 Å². The van der Waals surface area contributed by atoms with Gasteiger partial charge in [0.2, 0.25) is 0 Å². The molecule has 0 radical (unpaired) electrons. The molecule has 122 valence electrons. The van der Waals surface area contributed by atoms with Crippen molar-refractivity contribution in [2.45, 2.75) is 31.8 Å². The number of hydrogen-bond acceptors (Lipinski definition) is 2. The molecule has 1 aromatic rings. The maximum absolute atomic E-state index is 5.96. The van der Waals surface area contributed by atoms with Crippen LogP contribution in [-0.4, -0.2) is 25.7 Å². The van der Waals surface area contributed by atoms with Gasteiger partial charge in [-0.1, -0.05) is 36.8 Å². The van der Waals surface area contributed by atoms with Crippen molar-refractivity contribution in [1.29, 1.82) is 0 Å². The first kappa shape index (κ1) is 17.5. The molecule has 2 aliphatic rings. The summed E-state index contributed by atoms with van der Waals surface area (Å²) in [5.41, 5.74) is 7.22. The largest absolute Gasteiger partial charge is 0.373 e. The Labute approximate surface area is 149 Å². The van der Waals surface area contributed by atoms with E-state index in [0.717, 1.165) is 32.0 Å². The molecule has 5 heteroatoms. The Bertz CT molecular complexity index is 476. The molecule has 0 bridgehead atoms. The molecule has 1 aliphatic carbocycles. The molecule has 2 fully saturated rings. The SMILES string of the molecule is I.NC(=NCC1CCC1)NC[C@@H]1CCO[C@H]1c1ccccc1. The minimum Gasteiger partial charge on any atom is -0.373 e. The Morgan fingerprint density at radius 1 is 1.23 bits per heavy atom. The van der Waals surface area contributed by atoms with Gasteiger partial charge in [0.1, 0.15) is 0 Å². The maximum Gasteiger partial charge on any atom is 0.188 e. The van der Waals surface area contributed by atoms with Gasteiger partial charge in [0.05, 0.1) is 6.10 Å². The lowest BCUT2D eigenvalue weighted by atomic mass is 9.86. The van der Waals surface area contributed by atoms with Gasteiger partial charge in [0.25, 0.3) is 0 Å². The number of ether oxygens (including phenoxy) is 1. The van der Waals surface area contributed by atoms with Gasteiger partial charge in [-0.2, -0.15) is 0 Å². The highest BCUT2D eigenvalue weighted by Crippen LogP contribution is 2.33. The van der Waals surface area contributed by atoms with Crippen LogP contribution in [0.2, 0.25) is 0 Å². The van der Waals surface area contributed by atoms with Crippen LogP contribution in [0.3, 0.4) is 0 Å². The van der Waals surface area contributed by atoms with E-state index < -0.39 is 0 Å². The second-order valence-electron chi connectivity index (χ2n) is 6.15. The van der Waals surface area contributed by atoms with Crippen LogP contribution < -0.4 is 11.1 Å². The molecule has 1 heterocycles. The number of rotatable bonds is 5. The fourth-order valence-electron chi connectivity index (χ4n) is 3.05. The van der Waals surface area contributed by atoms with Crippen molar-refractivity contribution in [2.75, 3.05) is 19.7 Å². The van der Waals surface area contributed by atoms with Crippen LogP contribution in [0.15, 0.2) is 35.3 Å². The molecule has 0 amide bonds. The van der Waals surface area contributed by atoms with Crippen molar-refractivity contribution >= 4 is 29.9 Å². The van der Waals surface area contributed by atoms with E-state index in [1.165, 1.54) is 24.8 Å². The molecule has 0 aromatic heterocycles. The molecule has 4 nitrogen and oxygen atoms in total. The maximum atomic E-state index is 5.96. The van der Waals surface area contributed by atoms with Crippen LogP contribution in [0.1, 0.15) is 37.4 Å². The lowest BCUT2D eigenvalue weighted by molar-refractivity contribution is 0.0915. The molecule has 1 saturated carbocycles. The Kier molecular flexibility index (Phi) is 6.95. The predicted molar refractivity (Wildman–Crippen MR) is 100 cm³/mol. The zero-order valence-corrected chi connectivity index (χ0v) is 15.2. The van der Waals surface area contributed by atoms with Crippen molar-refractivity contribution in [3.05, 3.63) is 35.9 Å². The summed E-state index contributed by atoms with van der Waals surface area (Å²) in [7, 11) is 0. The number of nitrogens with two attached hydrogens (primary N) is 1. The minimum absolute atomic E-state index is 0. The quantitative estimate of drug-likeness (QED) is 0.442. The second-order valence-corrected chi connectivity index (χ2v) is 6.15. The molecular weight excluding hydrogens is 389 g/mol. The number of nitrogens with zero attached hydrogens (tertiary/aromatic N) is 1. The smallest absolute Gasteiger partial charge is 0.188 e. The summed E-state index contributed by atoms with van der Waals surface area (Å²) in [5.74, 6) is 1.81.